The maximum absolute atomic E-state index is 11.4. The van der Waals surface area contributed by atoms with Crippen LogP contribution in [0.2, 0.25) is 0 Å². The van der Waals surface area contributed by atoms with Gasteiger partial charge in [0.2, 0.25) is 0 Å². The van der Waals surface area contributed by atoms with E-state index in [1.807, 2.05) is 19.2 Å². The molecule has 1 fully saturated rings. The van der Waals surface area contributed by atoms with Crippen LogP contribution in [0.5, 0.6) is 0 Å². The molecule has 100 valence electrons. The summed E-state index contributed by atoms with van der Waals surface area (Å²) < 4.78 is 22.7. The van der Waals surface area contributed by atoms with Crippen LogP contribution in [0.1, 0.15) is 18.0 Å². The van der Waals surface area contributed by atoms with Gasteiger partial charge in [0.15, 0.2) is 9.84 Å². The lowest BCUT2D eigenvalue weighted by atomic mass is 10.0. The van der Waals surface area contributed by atoms with E-state index in [0.717, 1.165) is 18.5 Å². The minimum absolute atomic E-state index is 0.233. The molecule has 0 aromatic heterocycles. The van der Waals surface area contributed by atoms with Crippen LogP contribution in [0.25, 0.3) is 0 Å². The van der Waals surface area contributed by atoms with Crippen molar-refractivity contribution in [1.29, 1.82) is 0 Å². The molecular weight excluding hydrogens is 250 g/mol. The predicted octanol–water partition coefficient (Wildman–Crippen LogP) is 0.217. The van der Waals surface area contributed by atoms with Crippen LogP contribution < -0.4 is 16.2 Å². The number of likely N-dealkylation sites (N-methyl/N-ethyl adjacent to an activating group) is 1. The smallest absolute Gasteiger partial charge is 0.175 e. The van der Waals surface area contributed by atoms with Gasteiger partial charge in [0, 0.05) is 24.9 Å². The summed E-state index contributed by atoms with van der Waals surface area (Å²) in [6, 6.07) is 7.70. The SMILES string of the molecule is CNCC1CC(c2ccc(S(C)(=O)=O)cc2)NN1. The first-order chi connectivity index (χ1) is 8.50. The number of rotatable bonds is 4. The first-order valence-corrected chi connectivity index (χ1v) is 7.85. The lowest BCUT2D eigenvalue weighted by molar-refractivity contribution is 0.524. The molecule has 1 heterocycles. The highest BCUT2D eigenvalue weighted by Crippen LogP contribution is 2.23. The standard InChI is InChI=1S/C12H19N3O2S/c1-13-8-10-7-12(15-14-10)9-3-5-11(6-4-9)18(2,16)17/h3-6,10,12-15H,7-8H2,1-2H3. The molecule has 2 rings (SSSR count). The lowest BCUT2D eigenvalue weighted by Crippen LogP contribution is -2.36. The summed E-state index contributed by atoms with van der Waals surface area (Å²) >= 11 is 0. The third-order valence-electron chi connectivity index (χ3n) is 3.14. The Balaban J connectivity index is 2.07. The normalized spacial score (nSPS) is 24.3. The Labute approximate surface area is 108 Å². The molecule has 5 nitrogen and oxygen atoms in total. The van der Waals surface area contributed by atoms with Crippen molar-refractivity contribution < 1.29 is 8.42 Å². The van der Waals surface area contributed by atoms with Crippen molar-refractivity contribution in [2.45, 2.75) is 23.4 Å². The summed E-state index contributed by atoms with van der Waals surface area (Å²) in [7, 11) is -1.18. The van der Waals surface area contributed by atoms with Crippen molar-refractivity contribution in [3.05, 3.63) is 29.8 Å². The molecular formula is C12H19N3O2S. The molecule has 1 aromatic carbocycles. The van der Waals surface area contributed by atoms with E-state index < -0.39 is 9.84 Å². The minimum Gasteiger partial charge on any atom is -0.318 e. The van der Waals surface area contributed by atoms with Gasteiger partial charge >= 0.3 is 0 Å². The van der Waals surface area contributed by atoms with Gasteiger partial charge in [0.05, 0.1) is 4.90 Å². The zero-order chi connectivity index (χ0) is 13.2. The van der Waals surface area contributed by atoms with Gasteiger partial charge in [-0.15, -0.1) is 0 Å². The quantitative estimate of drug-likeness (QED) is 0.729. The Morgan fingerprint density at radius 2 is 1.94 bits per heavy atom. The van der Waals surface area contributed by atoms with Gasteiger partial charge in [0.1, 0.15) is 0 Å². The van der Waals surface area contributed by atoms with E-state index in [9.17, 15) is 8.42 Å². The van der Waals surface area contributed by atoms with Gasteiger partial charge in [-0.05, 0) is 31.2 Å². The Morgan fingerprint density at radius 3 is 2.50 bits per heavy atom. The Hall–Kier alpha value is -0.950. The second-order valence-corrected chi connectivity index (χ2v) is 6.69. The Bertz CT molecular complexity index is 499. The molecule has 0 saturated carbocycles. The summed E-state index contributed by atoms with van der Waals surface area (Å²) in [6.45, 7) is 0.908. The van der Waals surface area contributed by atoms with Crippen LogP contribution in [0, 0.1) is 0 Å². The van der Waals surface area contributed by atoms with Gasteiger partial charge in [-0.2, -0.15) is 0 Å². The van der Waals surface area contributed by atoms with E-state index in [1.165, 1.54) is 6.26 Å². The molecule has 0 bridgehead atoms. The molecule has 2 atom stereocenters. The maximum atomic E-state index is 11.4. The van der Waals surface area contributed by atoms with Crippen LogP contribution >= 0.6 is 0 Å². The number of hydrazine groups is 1. The van der Waals surface area contributed by atoms with E-state index in [-0.39, 0.29) is 6.04 Å². The van der Waals surface area contributed by atoms with E-state index in [0.29, 0.717) is 10.9 Å². The van der Waals surface area contributed by atoms with Crippen molar-refractivity contribution in [2.24, 2.45) is 0 Å². The third-order valence-corrected chi connectivity index (χ3v) is 4.27. The molecule has 0 radical (unpaired) electrons. The summed E-state index contributed by atoms with van der Waals surface area (Å²) in [4.78, 5) is 0.365. The van der Waals surface area contributed by atoms with Gasteiger partial charge in [-0.3, -0.25) is 5.43 Å². The van der Waals surface area contributed by atoms with Crippen molar-refractivity contribution in [2.75, 3.05) is 19.8 Å². The first-order valence-electron chi connectivity index (χ1n) is 5.96. The molecule has 1 aromatic rings. The van der Waals surface area contributed by atoms with Crippen LogP contribution in [-0.4, -0.2) is 34.3 Å². The number of hydrogen-bond acceptors (Lipinski definition) is 5. The average Bonchev–Trinajstić information content (AvgIpc) is 2.77. The van der Waals surface area contributed by atoms with Crippen LogP contribution in [-0.2, 0) is 9.84 Å². The molecule has 6 heteroatoms. The predicted molar refractivity (Wildman–Crippen MR) is 70.9 cm³/mol. The van der Waals surface area contributed by atoms with E-state index in [2.05, 4.69) is 16.2 Å². The molecule has 1 saturated heterocycles. The number of sulfone groups is 1. The number of benzene rings is 1. The highest BCUT2D eigenvalue weighted by molar-refractivity contribution is 7.90. The number of nitrogens with one attached hydrogen (secondary N) is 3. The van der Waals surface area contributed by atoms with Gasteiger partial charge in [-0.25, -0.2) is 13.8 Å². The molecule has 0 aliphatic carbocycles. The fraction of sp³-hybridized carbons (Fsp3) is 0.500. The van der Waals surface area contributed by atoms with Crippen LogP contribution in [0.4, 0.5) is 0 Å². The second kappa shape index (κ2) is 5.36. The van der Waals surface area contributed by atoms with Gasteiger partial charge in [-0.1, -0.05) is 12.1 Å². The minimum atomic E-state index is -3.11. The fourth-order valence-corrected chi connectivity index (χ4v) is 2.80. The van der Waals surface area contributed by atoms with Crippen molar-refractivity contribution in [1.82, 2.24) is 16.2 Å². The zero-order valence-corrected chi connectivity index (χ0v) is 11.4. The largest absolute Gasteiger partial charge is 0.318 e. The van der Waals surface area contributed by atoms with Crippen LogP contribution in [0.15, 0.2) is 29.2 Å². The van der Waals surface area contributed by atoms with Gasteiger partial charge < -0.3 is 5.32 Å². The summed E-state index contributed by atoms with van der Waals surface area (Å²) in [5, 5.41) is 3.13. The molecule has 1 aliphatic rings. The molecule has 1 aliphatic heterocycles. The summed E-state index contributed by atoms with van der Waals surface area (Å²) in [6.07, 6.45) is 2.21. The first kappa shape index (κ1) is 13.5. The Morgan fingerprint density at radius 1 is 1.28 bits per heavy atom. The van der Waals surface area contributed by atoms with E-state index in [4.69, 9.17) is 0 Å². The molecule has 18 heavy (non-hydrogen) atoms. The molecule has 0 amide bonds. The van der Waals surface area contributed by atoms with Crippen molar-refractivity contribution >= 4 is 9.84 Å². The summed E-state index contributed by atoms with van der Waals surface area (Å²) in [5.41, 5.74) is 7.55. The van der Waals surface area contributed by atoms with Crippen molar-refractivity contribution in [3.63, 3.8) is 0 Å². The lowest BCUT2D eigenvalue weighted by Gasteiger charge is -2.10. The Kier molecular flexibility index (Phi) is 4.01. The molecule has 2 unspecified atom stereocenters. The van der Waals surface area contributed by atoms with Crippen LogP contribution in [0.3, 0.4) is 0 Å². The van der Waals surface area contributed by atoms with E-state index in [1.54, 1.807) is 12.1 Å². The monoisotopic (exact) mass is 269 g/mol. The number of hydrogen-bond donors (Lipinski definition) is 3. The molecule has 3 N–H and O–H groups in total. The molecule has 0 spiro atoms. The second-order valence-electron chi connectivity index (χ2n) is 4.67. The zero-order valence-electron chi connectivity index (χ0n) is 10.6. The summed E-state index contributed by atoms with van der Waals surface area (Å²) in [5.74, 6) is 0. The van der Waals surface area contributed by atoms with Crippen molar-refractivity contribution in [3.8, 4) is 0 Å². The highest BCUT2D eigenvalue weighted by atomic mass is 32.2. The highest BCUT2D eigenvalue weighted by Gasteiger charge is 2.24. The topological polar surface area (TPSA) is 70.2 Å². The van der Waals surface area contributed by atoms with E-state index >= 15 is 0 Å². The average molecular weight is 269 g/mol. The van der Waals surface area contributed by atoms with Gasteiger partial charge in [0.25, 0.3) is 0 Å². The fourth-order valence-electron chi connectivity index (χ4n) is 2.17. The maximum Gasteiger partial charge on any atom is 0.175 e. The third kappa shape index (κ3) is 3.08.